The molecule has 4 saturated carbocycles. The summed E-state index contributed by atoms with van der Waals surface area (Å²) in [5, 5.41) is 54.9. The van der Waals surface area contributed by atoms with Crippen molar-refractivity contribution in [1.29, 1.82) is 0 Å². The largest absolute Gasteiger partial charge is 0.390 e. The third-order valence-corrected chi connectivity index (χ3v) is 8.65. The zero-order valence-electron chi connectivity index (χ0n) is 15.4. The van der Waals surface area contributed by atoms with Gasteiger partial charge in [-0.1, -0.05) is 26.0 Å². The van der Waals surface area contributed by atoms with E-state index in [1.54, 1.807) is 13.8 Å². The van der Waals surface area contributed by atoms with Gasteiger partial charge in [0.05, 0.1) is 23.9 Å². The van der Waals surface area contributed by atoms with Gasteiger partial charge in [0.2, 0.25) is 0 Å². The summed E-state index contributed by atoms with van der Waals surface area (Å²) < 4.78 is 0. The summed E-state index contributed by atoms with van der Waals surface area (Å²) in [6.07, 6.45) is 0.190. The zero-order chi connectivity index (χ0) is 18.6. The van der Waals surface area contributed by atoms with Crippen molar-refractivity contribution >= 4 is 0 Å². The number of hydrogen-bond donors (Lipinski definition) is 5. The maximum atomic E-state index is 11.6. The second-order valence-corrected chi connectivity index (χ2v) is 10.2. The van der Waals surface area contributed by atoms with Crippen LogP contribution in [0, 0.1) is 28.6 Å². The molecule has 0 amide bonds. The average molecular weight is 352 g/mol. The van der Waals surface area contributed by atoms with Crippen LogP contribution in [0.15, 0.2) is 12.2 Å². The van der Waals surface area contributed by atoms with Gasteiger partial charge in [0.15, 0.2) is 0 Å². The van der Waals surface area contributed by atoms with E-state index in [4.69, 9.17) is 0 Å². The van der Waals surface area contributed by atoms with Gasteiger partial charge in [-0.2, -0.15) is 0 Å². The number of rotatable bonds is 0. The van der Waals surface area contributed by atoms with Gasteiger partial charge in [-0.3, -0.25) is 0 Å². The number of fused-ring (bicyclic) bond motifs is 2. The number of aliphatic hydroxyl groups excluding tert-OH is 3. The van der Waals surface area contributed by atoms with Gasteiger partial charge < -0.3 is 25.5 Å². The maximum Gasteiger partial charge on any atom is 0.107 e. The van der Waals surface area contributed by atoms with E-state index in [-0.39, 0.29) is 17.3 Å². The minimum atomic E-state index is -1.63. The molecule has 4 rings (SSSR count). The molecule has 4 fully saturated rings. The molecule has 1 spiro atoms. The fourth-order valence-electron chi connectivity index (χ4n) is 7.27. The van der Waals surface area contributed by atoms with Gasteiger partial charge in [-0.25, -0.2) is 0 Å². The zero-order valence-corrected chi connectivity index (χ0v) is 15.4. The van der Waals surface area contributed by atoms with Crippen molar-refractivity contribution in [3.63, 3.8) is 0 Å². The van der Waals surface area contributed by atoms with Crippen molar-refractivity contribution < 1.29 is 25.5 Å². The Bertz CT molecular complexity index is 613. The van der Waals surface area contributed by atoms with Gasteiger partial charge in [0.25, 0.3) is 0 Å². The van der Waals surface area contributed by atoms with Crippen molar-refractivity contribution in [2.24, 2.45) is 28.6 Å². The van der Waals surface area contributed by atoms with Crippen molar-refractivity contribution in [2.45, 2.75) is 82.4 Å². The Kier molecular flexibility index (Phi) is 3.49. The third-order valence-electron chi connectivity index (χ3n) is 8.65. The molecular weight excluding hydrogens is 320 g/mol. The van der Waals surface area contributed by atoms with Crippen LogP contribution in [0.3, 0.4) is 0 Å². The van der Waals surface area contributed by atoms with Crippen LogP contribution < -0.4 is 0 Å². The molecule has 0 radical (unpaired) electrons. The highest BCUT2D eigenvalue weighted by atomic mass is 16.4. The highest BCUT2D eigenvalue weighted by molar-refractivity contribution is 5.32. The van der Waals surface area contributed by atoms with Crippen LogP contribution in [0.4, 0.5) is 0 Å². The van der Waals surface area contributed by atoms with Crippen LogP contribution in [0.1, 0.15) is 52.9 Å². The lowest BCUT2D eigenvalue weighted by Crippen LogP contribution is -2.56. The van der Waals surface area contributed by atoms with E-state index in [2.05, 4.69) is 6.58 Å². The summed E-state index contributed by atoms with van der Waals surface area (Å²) >= 11 is 0. The van der Waals surface area contributed by atoms with Crippen LogP contribution in [-0.4, -0.2) is 55.0 Å². The molecule has 9 atom stereocenters. The molecule has 0 aromatic carbocycles. The Balaban J connectivity index is 1.84. The first-order valence-electron chi connectivity index (χ1n) is 9.56. The predicted octanol–water partition coefficient (Wildman–Crippen LogP) is 0.973. The summed E-state index contributed by atoms with van der Waals surface area (Å²) in [4.78, 5) is 0. The quantitative estimate of drug-likeness (QED) is 0.418. The molecule has 0 aliphatic heterocycles. The van der Waals surface area contributed by atoms with Gasteiger partial charge >= 0.3 is 0 Å². The van der Waals surface area contributed by atoms with Gasteiger partial charge in [0, 0.05) is 11.3 Å². The normalized spacial score (nSPS) is 60.1. The Hall–Kier alpha value is -0.460. The maximum absolute atomic E-state index is 11.6. The van der Waals surface area contributed by atoms with E-state index < -0.39 is 40.8 Å². The third kappa shape index (κ3) is 1.91. The van der Waals surface area contributed by atoms with Crippen molar-refractivity contribution in [3.05, 3.63) is 12.2 Å². The lowest BCUT2D eigenvalue weighted by atomic mass is 9.62. The molecule has 0 saturated heterocycles. The van der Waals surface area contributed by atoms with Crippen LogP contribution in [0.5, 0.6) is 0 Å². The van der Waals surface area contributed by atoms with Gasteiger partial charge in [-0.15, -0.1) is 0 Å². The van der Waals surface area contributed by atoms with Gasteiger partial charge in [0.1, 0.15) is 5.60 Å². The first-order chi connectivity index (χ1) is 11.4. The minimum Gasteiger partial charge on any atom is -0.390 e. The summed E-state index contributed by atoms with van der Waals surface area (Å²) in [5.74, 6) is -0.499. The molecule has 0 aromatic rings. The SMILES string of the molecule is C=C1C2CCC3CC2(CC(O)C2(O)C1C(O)C(O)C2(C)C)CC3(C)O. The number of aliphatic hydroxyl groups is 5. The molecule has 4 aliphatic rings. The van der Waals surface area contributed by atoms with Crippen LogP contribution >= 0.6 is 0 Å². The second kappa shape index (κ2) is 4.87. The Morgan fingerprint density at radius 2 is 1.64 bits per heavy atom. The Morgan fingerprint density at radius 3 is 2.28 bits per heavy atom. The first-order valence-corrected chi connectivity index (χ1v) is 9.56. The van der Waals surface area contributed by atoms with E-state index in [9.17, 15) is 25.5 Å². The van der Waals surface area contributed by atoms with Crippen LogP contribution in [-0.2, 0) is 0 Å². The van der Waals surface area contributed by atoms with E-state index in [0.717, 1.165) is 24.8 Å². The molecular formula is C20H32O5. The van der Waals surface area contributed by atoms with Crippen molar-refractivity contribution in [2.75, 3.05) is 0 Å². The minimum absolute atomic E-state index is 0.0437. The fourth-order valence-corrected chi connectivity index (χ4v) is 7.27. The number of hydrogen-bond acceptors (Lipinski definition) is 5. The smallest absolute Gasteiger partial charge is 0.107 e. The summed E-state index contributed by atoms with van der Waals surface area (Å²) in [5.41, 5.74) is -2.98. The second-order valence-electron chi connectivity index (χ2n) is 10.2. The Morgan fingerprint density at radius 1 is 1.00 bits per heavy atom. The predicted molar refractivity (Wildman–Crippen MR) is 92.5 cm³/mol. The highest BCUT2D eigenvalue weighted by Crippen LogP contribution is 2.68. The molecule has 2 bridgehead atoms. The van der Waals surface area contributed by atoms with Crippen molar-refractivity contribution in [1.82, 2.24) is 0 Å². The topological polar surface area (TPSA) is 101 Å². The average Bonchev–Trinajstić information content (AvgIpc) is 2.74. The van der Waals surface area contributed by atoms with Crippen LogP contribution in [0.25, 0.3) is 0 Å². The summed E-state index contributed by atoms with van der Waals surface area (Å²) in [6, 6.07) is 0. The van der Waals surface area contributed by atoms with E-state index in [0.29, 0.717) is 12.8 Å². The standard InChI is InChI=1S/C20H32O5/c1-10-12-6-5-11-7-19(12,9-18(11,4)24)8-13(21)20(25)14(10)15(22)16(23)17(20,2)3/h11-16,21-25H,1,5-9H2,2-4H3. The van der Waals surface area contributed by atoms with E-state index in [1.807, 2.05) is 6.92 Å². The molecule has 9 unspecified atom stereocenters. The summed E-state index contributed by atoms with van der Waals surface area (Å²) in [7, 11) is 0. The molecule has 0 aromatic heterocycles. The molecule has 4 aliphatic carbocycles. The fraction of sp³-hybridized carbons (Fsp3) is 0.900. The highest BCUT2D eigenvalue weighted by Gasteiger charge is 2.72. The lowest BCUT2D eigenvalue weighted by molar-refractivity contribution is -0.169. The molecule has 25 heavy (non-hydrogen) atoms. The summed E-state index contributed by atoms with van der Waals surface area (Å²) in [6.45, 7) is 9.56. The van der Waals surface area contributed by atoms with E-state index in [1.165, 1.54) is 0 Å². The van der Waals surface area contributed by atoms with Crippen LogP contribution in [0.2, 0.25) is 0 Å². The lowest BCUT2D eigenvalue weighted by Gasteiger charge is -2.44. The Labute approximate surface area is 149 Å². The molecule has 142 valence electrons. The molecule has 0 heterocycles. The van der Waals surface area contributed by atoms with Crippen molar-refractivity contribution in [3.8, 4) is 0 Å². The molecule has 5 N–H and O–H groups in total. The van der Waals surface area contributed by atoms with E-state index >= 15 is 0 Å². The monoisotopic (exact) mass is 352 g/mol. The molecule has 5 nitrogen and oxygen atoms in total. The van der Waals surface area contributed by atoms with Gasteiger partial charge in [-0.05, 0) is 56.3 Å². The first kappa shape index (κ1) is 17.9. The molecule has 5 heteroatoms.